The highest BCUT2D eigenvalue weighted by molar-refractivity contribution is 8.00. The Hall–Kier alpha value is -2.92. The van der Waals surface area contributed by atoms with Gasteiger partial charge in [-0.05, 0) is 61.0 Å². The first-order valence-corrected chi connectivity index (χ1v) is 17.4. The Morgan fingerprint density at radius 3 is 1.48 bits per heavy atom. The molecule has 0 aliphatic rings. The molecule has 0 aromatic heterocycles. The van der Waals surface area contributed by atoms with E-state index >= 15 is 0 Å². The lowest BCUT2D eigenvalue weighted by Crippen LogP contribution is -2.27. The van der Waals surface area contributed by atoms with Crippen LogP contribution in [-0.4, -0.2) is 61.4 Å². The zero-order valence-corrected chi connectivity index (χ0v) is 26.8. The summed E-state index contributed by atoms with van der Waals surface area (Å²) in [6.07, 6.45) is 5.37. The highest BCUT2D eigenvalue weighted by atomic mass is 32.2. The van der Waals surface area contributed by atoms with Crippen molar-refractivity contribution in [1.29, 1.82) is 0 Å². The van der Waals surface area contributed by atoms with Gasteiger partial charge in [-0.2, -0.15) is 0 Å². The molecule has 10 heteroatoms. The third-order valence-electron chi connectivity index (χ3n) is 5.53. The highest BCUT2D eigenvalue weighted by Crippen LogP contribution is 2.27. The van der Waals surface area contributed by atoms with Crippen LogP contribution in [0.4, 0.5) is 0 Å². The molecule has 3 aromatic rings. The number of thioether (sulfide) groups is 4. The molecule has 0 saturated heterocycles. The fourth-order valence-corrected chi connectivity index (χ4v) is 6.37. The maximum absolute atomic E-state index is 11.9. The van der Waals surface area contributed by atoms with Crippen molar-refractivity contribution in [1.82, 2.24) is 0 Å². The van der Waals surface area contributed by atoms with Crippen LogP contribution >= 0.6 is 47.0 Å². The lowest BCUT2D eigenvalue weighted by Gasteiger charge is -2.19. The molecular formula is C32H34O6S4. The van der Waals surface area contributed by atoms with Crippen molar-refractivity contribution in [2.24, 2.45) is 0 Å². The van der Waals surface area contributed by atoms with Gasteiger partial charge in [-0.3, -0.25) is 0 Å². The second kappa shape index (κ2) is 18.6. The first kappa shape index (κ1) is 33.6. The van der Waals surface area contributed by atoms with Crippen molar-refractivity contribution in [2.75, 3.05) is 37.2 Å². The normalized spacial score (nSPS) is 12.0. The molecule has 0 radical (unpaired) electrons. The third kappa shape index (κ3) is 12.1. The molecule has 0 bridgehead atoms. The Morgan fingerprint density at radius 2 is 1.07 bits per heavy atom. The Labute approximate surface area is 265 Å². The Balaban J connectivity index is 1.58. The highest BCUT2D eigenvalue weighted by Gasteiger charge is 2.17. The summed E-state index contributed by atoms with van der Waals surface area (Å²) in [4.78, 5) is 28.4. The fraction of sp³-hybridized carbons (Fsp3) is 0.250. The summed E-state index contributed by atoms with van der Waals surface area (Å²) in [6.45, 7) is 7.31. The molecule has 222 valence electrons. The van der Waals surface area contributed by atoms with Crippen LogP contribution in [0.25, 0.3) is 0 Å². The maximum atomic E-state index is 11.9. The smallest absolute Gasteiger partial charge is 0.330 e. The number of carbonyl (C=O) groups excluding carboxylic acids is 2. The van der Waals surface area contributed by atoms with Gasteiger partial charge in [0.1, 0.15) is 36.9 Å². The van der Waals surface area contributed by atoms with Crippen LogP contribution in [0, 0.1) is 0 Å². The first-order valence-electron chi connectivity index (χ1n) is 13.0. The van der Waals surface area contributed by atoms with Gasteiger partial charge in [-0.1, -0.05) is 31.4 Å². The fourth-order valence-electron chi connectivity index (χ4n) is 3.45. The van der Waals surface area contributed by atoms with E-state index in [1.807, 2.05) is 42.8 Å². The van der Waals surface area contributed by atoms with Gasteiger partial charge in [0.2, 0.25) is 0 Å². The molecule has 0 aliphatic heterocycles. The monoisotopic (exact) mass is 642 g/mol. The minimum absolute atomic E-state index is 0.156. The number of rotatable bonds is 18. The topological polar surface area (TPSA) is 71.1 Å². The Bertz CT molecular complexity index is 1230. The van der Waals surface area contributed by atoms with Gasteiger partial charge in [-0.25, -0.2) is 9.59 Å². The van der Waals surface area contributed by atoms with E-state index in [2.05, 4.69) is 37.4 Å². The molecule has 3 rings (SSSR count). The van der Waals surface area contributed by atoms with Crippen molar-refractivity contribution in [2.45, 2.75) is 31.8 Å². The van der Waals surface area contributed by atoms with E-state index < -0.39 is 24.1 Å². The van der Waals surface area contributed by atoms with E-state index in [4.69, 9.17) is 18.9 Å². The van der Waals surface area contributed by atoms with Gasteiger partial charge in [0.05, 0.1) is 0 Å². The predicted molar refractivity (Wildman–Crippen MR) is 175 cm³/mol. The van der Waals surface area contributed by atoms with Crippen molar-refractivity contribution in [3.63, 3.8) is 0 Å². The van der Waals surface area contributed by atoms with E-state index in [9.17, 15) is 9.59 Å². The molecule has 0 heterocycles. The lowest BCUT2D eigenvalue weighted by atomic mass is 10.3. The molecule has 42 heavy (non-hydrogen) atoms. The molecule has 2 atom stereocenters. The van der Waals surface area contributed by atoms with Crippen LogP contribution in [0.1, 0.15) is 0 Å². The quantitative estimate of drug-likeness (QED) is 0.0784. The van der Waals surface area contributed by atoms with Gasteiger partial charge < -0.3 is 18.9 Å². The number of carbonyl (C=O) groups is 2. The number of hydrogen-bond acceptors (Lipinski definition) is 10. The number of hydrogen-bond donors (Lipinski definition) is 0. The van der Waals surface area contributed by atoms with E-state index in [0.29, 0.717) is 23.0 Å². The summed E-state index contributed by atoms with van der Waals surface area (Å²) < 4.78 is 23.0. The molecule has 0 amide bonds. The lowest BCUT2D eigenvalue weighted by molar-refractivity contribution is -0.144. The molecule has 2 unspecified atom stereocenters. The molecule has 6 nitrogen and oxygen atoms in total. The van der Waals surface area contributed by atoms with Crippen LogP contribution in [-0.2, 0) is 19.1 Å². The molecule has 0 fully saturated rings. The summed E-state index contributed by atoms with van der Waals surface area (Å²) in [5.74, 6) is 1.15. The number of ether oxygens (including phenoxy) is 4. The van der Waals surface area contributed by atoms with Crippen LogP contribution in [0.15, 0.2) is 118 Å². The molecule has 0 N–H and O–H groups in total. The van der Waals surface area contributed by atoms with E-state index in [-0.39, 0.29) is 13.2 Å². The van der Waals surface area contributed by atoms with Crippen molar-refractivity contribution < 1.29 is 28.5 Å². The Morgan fingerprint density at radius 1 is 0.667 bits per heavy atom. The minimum atomic E-state index is -0.502. The van der Waals surface area contributed by atoms with Gasteiger partial charge in [0, 0.05) is 49.3 Å². The van der Waals surface area contributed by atoms with Gasteiger partial charge in [-0.15, -0.1) is 47.0 Å². The van der Waals surface area contributed by atoms with E-state index in [1.165, 1.54) is 0 Å². The summed E-state index contributed by atoms with van der Waals surface area (Å²) in [5.41, 5.74) is 0. The van der Waals surface area contributed by atoms with Gasteiger partial charge in [0.25, 0.3) is 0 Å². The molecule has 0 saturated carbocycles. The average Bonchev–Trinajstić information content (AvgIpc) is 3.03. The van der Waals surface area contributed by atoms with Crippen LogP contribution in [0.3, 0.4) is 0 Å². The summed E-state index contributed by atoms with van der Waals surface area (Å²) >= 11 is 6.53. The Kier molecular flexibility index (Phi) is 14.9. The third-order valence-corrected chi connectivity index (χ3v) is 9.23. The van der Waals surface area contributed by atoms with Crippen molar-refractivity contribution in [3.05, 3.63) is 98.1 Å². The maximum Gasteiger partial charge on any atom is 0.330 e. The zero-order valence-electron chi connectivity index (χ0n) is 23.6. The zero-order chi connectivity index (χ0) is 30.2. The molecular weight excluding hydrogens is 609 g/mol. The van der Waals surface area contributed by atoms with E-state index in [1.54, 1.807) is 65.2 Å². The first-order chi connectivity index (χ1) is 20.4. The number of benzene rings is 3. The average molecular weight is 643 g/mol. The van der Waals surface area contributed by atoms with Crippen LogP contribution in [0.2, 0.25) is 0 Å². The van der Waals surface area contributed by atoms with Gasteiger partial charge in [0.15, 0.2) is 0 Å². The standard InChI is InChI=1S/C32H34O6S4/c1-5-31(33)37-25(21-41-29-14-8-12-27(17-29)39-3)19-35-23-10-7-11-24(16-23)36-20-26(38-32(34)6-2)22-42-30-15-9-13-28(18-30)40-4/h5-18,25-26H,1-2,19-22H2,3-4H3. The minimum Gasteiger partial charge on any atom is -0.490 e. The van der Waals surface area contributed by atoms with Crippen LogP contribution in [0.5, 0.6) is 11.5 Å². The second-order valence-electron chi connectivity index (χ2n) is 8.60. The molecule has 0 spiro atoms. The van der Waals surface area contributed by atoms with Crippen LogP contribution < -0.4 is 9.47 Å². The summed E-state index contributed by atoms with van der Waals surface area (Å²) in [7, 11) is 0. The summed E-state index contributed by atoms with van der Waals surface area (Å²) in [6, 6.07) is 23.5. The van der Waals surface area contributed by atoms with Gasteiger partial charge >= 0.3 is 11.9 Å². The largest absolute Gasteiger partial charge is 0.490 e. The SMILES string of the molecule is C=CC(=O)OC(COc1cccc(OCC(CSc2cccc(SC)c2)OC(=O)C=C)c1)CSc1cccc(SC)c1. The molecule has 0 aliphatic carbocycles. The van der Waals surface area contributed by atoms with Crippen molar-refractivity contribution in [3.8, 4) is 11.5 Å². The number of esters is 2. The molecule has 3 aromatic carbocycles. The summed E-state index contributed by atoms with van der Waals surface area (Å²) in [5, 5.41) is 0. The van der Waals surface area contributed by atoms with Crippen molar-refractivity contribution >= 4 is 59.0 Å². The second-order valence-corrected chi connectivity index (χ2v) is 12.5. The van der Waals surface area contributed by atoms with E-state index in [0.717, 1.165) is 31.7 Å². The predicted octanol–water partition coefficient (Wildman–Crippen LogP) is 7.67.